The van der Waals surface area contributed by atoms with Crippen LogP contribution in [0.15, 0.2) is 0 Å². The minimum Gasteiger partial charge on any atom is -0.459 e. The smallest absolute Gasteiger partial charge is 0.361 e. The van der Waals surface area contributed by atoms with Crippen LogP contribution < -0.4 is 0 Å². The van der Waals surface area contributed by atoms with Gasteiger partial charge in [-0.05, 0) is 12.8 Å². The number of unbranched alkanes of at least 4 members (excludes halogenated alkanes) is 13. The standard InChI is InChI=1S/C22H46NO3/c1-4-5-6-7-8-9-10-11-12-13-14-15-16-17-18-23(2,3)21-22(25)26-20-19-24/h24H,4-21H2,1-3H3/q+1. The topological polar surface area (TPSA) is 46.5 Å². The summed E-state index contributed by atoms with van der Waals surface area (Å²) in [4.78, 5) is 11.6. The Morgan fingerprint density at radius 2 is 1.19 bits per heavy atom. The highest BCUT2D eigenvalue weighted by Gasteiger charge is 2.20. The van der Waals surface area contributed by atoms with Crippen LogP contribution in [-0.2, 0) is 9.53 Å². The second kappa shape index (κ2) is 17.8. The van der Waals surface area contributed by atoms with Gasteiger partial charge in [-0.2, -0.15) is 0 Å². The fraction of sp³-hybridized carbons (Fsp3) is 0.955. The van der Waals surface area contributed by atoms with Crippen LogP contribution in [0.25, 0.3) is 0 Å². The van der Waals surface area contributed by atoms with E-state index in [-0.39, 0.29) is 19.2 Å². The summed E-state index contributed by atoms with van der Waals surface area (Å²) in [6.45, 7) is 3.68. The molecule has 26 heavy (non-hydrogen) atoms. The molecule has 0 spiro atoms. The molecule has 0 amide bonds. The zero-order chi connectivity index (χ0) is 19.5. The predicted molar refractivity (Wildman–Crippen MR) is 110 cm³/mol. The van der Waals surface area contributed by atoms with Crippen molar-refractivity contribution in [2.45, 2.75) is 96.8 Å². The number of aliphatic hydroxyl groups is 1. The van der Waals surface area contributed by atoms with Crippen LogP contribution in [0.5, 0.6) is 0 Å². The maximum atomic E-state index is 11.6. The number of carbonyl (C=O) groups is 1. The number of nitrogens with zero attached hydrogens (tertiary/aromatic N) is 1. The van der Waals surface area contributed by atoms with Crippen molar-refractivity contribution >= 4 is 5.97 Å². The number of quaternary nitrogens is 1. The fourth-order valence-electron chi connectivity index (χ4n) is 3.37. The lowest BCUT2D eigenvalue weighted by molar-refractivity contribution is -0.883. The first-order chi connectivity index (χ1) is 12.5. The SMILES string of the molecule is CCCCCCCCCCCCCCCC[N+](C)(C)CC(=O)OCCO. The van der Waals surface area contributed by atoms with E-state index in [0.29, 0.717) is 11.0 Å². The van der Waals surface area contributed by atoms with Gasteiger partial charge in [-0.3, -0.25) is 0 Å². The average molecular weight is 373 g/mol. The van der Waals surface area contributed by atoms with Crippen LogP contribution in [0.3, 0.4) is 0 Å². The van der Waals surface area contributed by atoms with E-state index in [1.807, 2.05) is 0 Å². The van der Waals surface area contributed by atoms with Gasteiger partial charge in [0.25, 0.3) is 0 Å². The lowest BCUT2D eigenvalue weighted by atomic mass is 10.0. The van der Waals surface area contributed by atoms with Gasteiger partial charge in [-0.25, -0.2) is 4.79 Å². The van der Waals surface area contributed by atoms with Crippen molar-refractivity contribution in [1.82, 2.24) is 0 Å². The number of carbonyl (C=O) groups excluding carboxylic acids is 1. The van der Waals surface area contributed by atoms with Crippen LogP contribution in [0.4, 0.5) is 0 Å². The Morgan fingerprint density at radius 3 is 1.62 bits per heavy atom. The van der Waals surface area contributed by atoms with Crippen molar-refractivity contribution in [1.29, 1.82) is 0 Å². The van der Waals surface area contributed by atoms with Crippen LogP contribution in [-0.4, -0.2) is 56.0 Å². The number of likely N-dealkylation sites (N-methyl/N-ethyl adjacent to an activating group) is 1. The highest BCUT2D eigenvalue weighted by atomic mass is 16.5. The maximum Gasteiger partial charge on any atom is 0.361 e. The average Bonchev–Trinajstić information content (AvgIpc) is 2.59. The van der Waals surface area contributed by atoms with Gasteiger partial charge in [-0.1, -0.05) is 84.0 Å². The molecular weight excluding hydrogens is 326 g/mol. The molecule has 0 aromatic carbocycles. The highest BCUT2D eigenvalue weighted by Crippen LogP contribution is 2.13. The Bertz CT molecular complexity index is 319. The fourth-order valence-corrected chi connectivity index (χ4v) is 3.37. The van der Waals surface area contributed by atoms with Crippen LogP contribution >= 0.6 is 0 Å². The van der Waals surface area contributed by atoms with Gasteiger partial charge in [-0.15, -0.1) is 0 Å². The zero-order valence-electron chi connectivity index (χ0n) is 17.9. The first-order valence-electron chi connectivity index (χ1n) is 11.1. The number of esters is 1. The monoisotopic (exact) mass is 372 g/mol. The van der Waals surface area contributed by atoms with Crippen molar-refractivity contribution in [3.8, 4) is 0 Å². The molecule has 4 nitrogen and oxygen atoms in total. The summed E-state index contributed by atoms with van der Waals surface area (Å²) in [6, 6.07) is 0. The van der Waals surface area contributed by atoms with E-state index in [0.717, 1.165) is 13.0 Å². The number of hydrogen-bond donors (Lipinski definition) is 1. The Kier molecular flexibility index (Phi) is 17.4. The van der Waals surface area contributed by atoms with Crippen molar-refractivity contribution in [2.75, 3.05) is 40.4 Å². The molecule has 0 fully saturated rings. The van der Waals surface area contributed by atoms with E-state index in [1.54, 1.807) is 0 Å². The third-order valence-corrected chi connectivity index (χ3v) is 5.03. The van der Waals surface area contributed by atoms with E-state index >= 15 is 0 Å². The molecule has 156 valence electrons. The van der Waals surface area contributed by atoms with E-state index < -0.39 is 0 Å². The van der Waals surface area contributed by atoms with E-state index in [1.165, 1.54) is 83.5 Å². The molecule has 0 unspecified atom stereocenters. The van der Waals surface area contributed by atoms with Gasteiger partial charge in [0.1, 0.15) is 6.61 Å². The maximum absolute atomic E-state index is 11.6. The lowest BCUT2D eigenvalue weighted by Gasteiger charge is -2.28. The Hall–Kier alpha value is -0.610. The molecule has 0 aromatic heterocycles. The molecule has 1 N–H and O–H groups in total. The Labute approximate surface area is 162 Å². The van der Waals surface area contributed by atoms with Crippen molar-refractivity contribution in [3.63, 3.8) is 0 Å². The van der Waals surface area contributed by atoms with Gasteiger partial charge in [0.15, 0.2) is 6.54 Å². The molecule has 0 atom stereocenters. The third-order valence-electron chi connectivity index (χ3n) is 5.03. The Balaban J connectivity index is 3.35. The first kappa shape index (κ1) is 25.4. The van der Waals surface area contributed by atoms with E-state index in [9.17, 15) is 4.79 Å². The minimum atomic E-state index is -0.214. The molecule has 0 saturated heterocycles. The number of rotatable bonds is 19. The Morgan fingerprint density at radius 1 is 0.769 bits per heavy atom. The molecule has 0 aliphatic heterocycles. The van der Waals surface area contributed by atoms with E-state index in [2.05, 4.69) is 21.0 Å². The van der Waals surface area contributed by atoms with Crippen LogP contribution in [0, 0.1) is 0 Å². The summed E-state index contributed by atoms with van der Waals surface area (Å²) in [7, 11) is 4.14. The van der Waals surface area contributed by atoms with Gasteiger partial charge in [0.2, 0.25) is 0 Å². The zero-order valence-corrected chi connectivity index (χ0v) is 17.9. The van der Waals surface area contributed by atoms with Crippen molar-refractivity contribution < 1.29 is 19.1 Å². The molecule has 0 bridgehead atoms. The lowest BCUT2D eigenvalue weighted by Crippen LogP contribution is -2.45. The minimum absolute atomic E-state index is 0.0991. The molecule has 4 heteroatoms. The largest absolute Gasteiger partial charge is 0.459 e. The number of hydrogen-bond acceptors (Lipinski definition) is 3. The quantitative estimate of drug-likeness (QED) is 0.195. The molecule has 0 saturated carbocycles. The molecule has 0 aliphatic carbocycles. The van der Waals surface area contributed by atoms with Gasteiger partial charge >= 0.3 is 5.97 Å². The second-order valence-electron chi connectivity index (χ2n) is 8.36. The second-order valence-corrected chi connectivity index (χ2v) is 8.36. The van der Waals surface area contributed by atoms with Gasteiger partial charge < -0.3 is 14.3 Å². The normalized spacial score (nSPS) is 11.7. The molecule has 0 aliphatic rings. The van der Waals surface area contributed by atoms with Gasteiger partial charge in [0.05, 0.1) is 27.2 Å². The predicted octanol–water partition coefficient (Wildman–Crippen LogP) is 5.08. The molecule has 0 aromatic rings. The summed E-state index contributed by atoms with van der Waals surface area (Å²) in [5.74, 6) is -0.214. The molecule has 0 heterocycles. The number of aliphatic hydroxyl groups excluding tert-OH is 1. The first-order valence-corrected chi connectivity index (χ1v) is 11.1. The van der Waals surface area contributed by atoms with Crippen molar-refractivity contribution in [3.05, 3.63) is 0 Å². The number of ether oxygens (including phenoxy) is 1. The third kappa shape index (κ3) is 18.2. The summed E-state index contributed by atoms with van der Waals surface area (Å²) in [5.41, 5.74) is 0. The summed E-state index contributed by atoms with van der Waals surface area (Å²) in [6.07, 6.45) is 19.2. The molecular formula is C22H46NO3+. The van der Waals surface area contributed by atoms with E-state index in [4.69, 9.17) is 9.84 Å². The van der Waals surface area contributed by atoms with Crippen LogP contribution in [0.1, 0.15) is 96.8 Å². The van der Waals surface area contributed by atoms with Crippen LogP contribution in [0.2, 0.25) is 0 Å². The molecule has 0 radical (unpaired) electrons. The summed E-state index contributed by atoms with van der Waals surface area (Å²) in [5, 5.41) is 8.68. The highest BCUT2D eigenvalue weighted by molar-refractivity contribution is 5.70. The van der Waals surface area contributed by atoms with Crippen molar-refractivity contribution in [2.24, 2.45) is 0 Å². The van der Waals surface area contributed by atoms with Gasteiger partial charge in [0, 0.05) is 0 Å². The molecule has 0 rings (SSSR count). The summed E-state index contributed by atoms with van der Waals surface area (Å²) >= 11 is 0. The summed E-state index contributed by atoms with van der Waals surface area (Å²) < 4.78 is 5.62.